The fraction of sp³-hybridized carbons (Fsp3) is 0.308. The third-order valence-corrected chi connectivity index (χ3v) is 3.50. The Morgan fingerprint density at radius 1 is 1.38 bits per heavy atom. The number of carbonyl (C=O) groups is 1. The van der Waals surface area contributed by atoms with Crippen LogP contribution in [-0.4, -0.2) is 39.9 Å². The number of para-hydroxylation sites is 1. The number of hydrogen-bond acceptors (Lipinski definition) is 4. The van der Waals surface area contributed by atoms with E-state index in [0.717, 1.165) is 5.06 Å². The number of rotatable bonds is 4. The van der Waals surface area contributed by atoms with Gasteiger partial charge in [-0.3, -0.25) is 9.63 Å². The van der Waals surface area contributed by atoms with Crippen LogP contribution in [0.5, 0.6) is 0 Å². The molecule has 0 saturated carbocycles. The van der Waals surface area contributed by atoms with E-state index in [1.807, 2.05) is 6.92 Å². The van der Waals surface area contributed by atoms with Gasteiger partial charge in [-0.25, -0.2) is 14.7 Å². The summed E-state index contributed by atoms with van der Waals surface area (Å²) in [5.74, 6) is 0.152. The monoisotopic (exact) mass is 328 g/mol. The van der Waals surface area contributed by atoms with Gasteiger partial charge in [0.1, 0.15) is 11.5 Å². The molecule has 0 spiro atoms. The molecule has 1 aromatic carbocycles. The van der Waals surface area contributed by atoms with E-state index in [9.17, 15) is 4.79 Å². The van der Waals surface area contributed by atoms with Crippen molar-refractivity contribution in [2.75, 3.05) is 14.2 Å². The zero-order valence-corrected chi connectivity index (χ0v) is 13.3. The Kier molecular flexibility index (Phi) is 4.82. The lowest BCUT2D eigenvalue weighted by atomic mass is 10.3. The Morgan fingerprint density at radius 3 is 2.52 bits per heavy atom. The molecule has 0 fully saturated rings. The van der Waals surface area contributed by atoms with Crippen molar-refractivity contribution in [3.63, 3.8) is 0 Å². The highest BCUT2D eigenvalue weighted by Gasteiger charge is 2.22. The molecule has 0 bridgehead atoms. The van der Waals surface area contributed by atoms with Crippen molar-refractivity contribution < 1.29 is 9.63 Å². The highest BCUT2D eigenvalue weighted by molar-refractivity contribution is 6.37. The average Bonchev–Trinajstić information content (AvgIpc) is 2.89. The first kappa shape index (κ1) is 15.8. The maximum absolute atomic E-state index is 12.1. The van der Waals surface area contributed by atoms with Gasteiger partial charge in [0.05, 0.1) is 17.2 Å². The second kappa shape index (κ2) is 6.43. The maximum atomic E-state index is 12.1. The summed E-state index contributed by atoms with van der Waals surface area (Å²) in [5, 5.41) is 6.12. The summed E-state index contributed by atoms with van der Waals surface area (Å²) in [6.07, 6.45) is 0.568. The van der Waals surface area contributed by atoms with Crippen molar-refractivity contribution in [1.29, 1.82) is 0 Å². The average molecular weight is 329 g/mol. The van der Waals surface area contributed by atoms with Crippen LogP contribution in [0.4, 0.5) is 0 Å². The van der Waals surface area contributed by atoms with Crippen molar-refractivity contribution >= 4 is 29.1 Å². The summed E-state index contributed by atoms with van der Waals surface area (Å²) in [6.45, 7) is 1.90. The normalized spacial score (nSPS) is 10.7. The van der Waals surface area contributed by atoms with E-state index in [4.69, 9.17) is 28.0 Å². The minimum absolute atomic E-state index is 0.0205. The van der Waals surface area contributed by atoms with Gasteiger partial charge in [-0.15, -0.1) is 5.10 Å². The molecular weight excluding hydrogens is 315 g/mol. The predicted octanol–water partition coefficient (Wildman–Crippen LogP) is 2.77. The van der Waals surface area contributed by atoms with Gasteiger partial charge in [-0.05, 0) is 12.1 Å². The minimum Gasteiger partial charge on any atom is -0.274 e. The number of halogens is 2. The first-order valence-electron chi connectivity index (χ1n) is 6.22. The summed E-state index contributed by atoms with van der Waals surface area (Å²) in [4.78, 5) is 21.1. The number of aryl methyl sites for hydroxylation is 1. The van der Waals surface area contributed by atoms with E-state index in [0.29, 0.717) is 28.0 Å². The molecule has 2 rings (SSSR count). The molecule has 0 aliphatic heterocycles. The van der Waals surface area contributed by atoms with Crippen LogP contribution in [-0.2, 0) is 11.3 Å². The second-order valence-electron chi connectivity index (χ2n) is 4.17. The Labute approximate surface area is 132 Å². The number of aromatic nitrogens is 3. The largest absolute Gasteiger partial charge is 0.316 e. The van der Waals surface area contributed by atoms with Gasteiger partial charge in [0, 0.05) is 13.5 Å². The first-order valence-corrected chi connectivity index (χ1v) is 6.97. The molecule has 0 unspecified atom stereocenters. The van der Waals surface area contributed by atoms with Gasteiger partial charge >= 0.3 is 5.91 Å². The van der Waals surface area contributed by atoms with E-state index < -0.39 is 5.91 Å². The van der Waals surface area contributed by atoms with E-state index in [-0.39, 0.29) is 5.82 Å². The molecule has 0 atom stereocenters. The van der Waals surface area contributed by atoms with Crippen LogP contribution in [0.25, 0.3) is 5.69 Å². The van der Waals surface area contributed by atoms with Crippen LogP contribution in [0.1, 0.15) is 23.4 Å². The number of benzene rings is 1. The number of hydroxylamine groups is 2. The van der Waals surface area contributed by atoms with Crippen molar-refractivity contribution in [2.45, 2.75) is 13.3 Å². The maximum Gasteiger partial charge on any atom is 0.316 e. The minimum atomic E-state index is -0.450. The lowest BCUT2D eigenvalue weighted by molar-refractivity contribution is -0.0764. The van der Waals surface area contributed by atoms with E-state index in [1.165, 1.54) is 18.8 Å². The molecule has 0 aliphatic carbocycles. The van der Waals surface area contributed by atoms with Gasteiger partial charge in [0.15, 0.2) is 0 Å². The highest BCUT2D eigenvalue weighted by atomic mass is 35.5. The number of hydrogen-bond donors (Lipinski definition) is 0. The smallest absolute Gasteiger partial charge is 0.274 e. The number of amides is 1. The molecule has 112 valence electrons. The molecule has 1 aromatic heterocycles. The molecular formula is C13H14Cl2N4O2. The van der Waals surface area contributed by atoms with Crippen LogP contribution < -0.4 is 0 Å². The van der Waals surface area contributed by atoms with Crippen molar-refractivity contribution in [3.8, 4) is 5.69 Å². The molecule has 6 nitrogen and oxygen atoms in total. The van der Waals surface area contributed by atoms with Gasteiger partial charge in [-0.1, -0.05) is 36.2 Å². The van der Waals surface area contributed by atoms with E-state index >= 15 is 0 Å². The number of nitrogens with zero attached hydrogens (tertiary/aromatic N) is 4. The van der Waals surface area contributed by atoms with Gasteiger partial charge in [0.25, 0.3) is 0 Å². The number of carbonyl (C=O) groups excluding carboxylic acids is 1. The molecule has 0 aliphatic rings. The molecule has 8 heteroatoms. The molecule has 2 aromatic rings. The predicted molar refractivity (Wildman–Crippen MR) is 79.9 cm³/mol. The summed E-state index contributed by atoms with van der Waals surface area (Å²) >= 11 is 12.4. The molecule has 21 heavy (non-hydrogen) atoms. The van der Waals surface area contributed by atoms with Crippen LogP contribution in [0, 0.1) is 0 Å². The third kappa shape index (κ3) is 3.02. The highest BCUT2D eigenvalue weighted by Crippen LogP contribution is 2.28. The lowest BCUT2D eigenvalue weighted by Gasteiger charge is -2.10. The fourth-order valence-corrected chi connectivity index (χ4v) is 2.32. The molecule has 1 heterocycles. The fourth-order valence-electron chi connectivity index (χ4n) is 1.76. The molecule has 0 radical (unpaired) electrons. The van der Waals surface area contributed by atoms with Crippen LogP contribution in [0.3, 0.4) is 0 Å². The lowest BCUT2D eigenvalue weighted by Crippen LogP contribution is -2.26. The molecule has 0 saturated heterocycles. The van der Waals surface area contributed by atoms with Crippen molar-refractivity contribution in [1.82, 2.24) is 19.8 Å². The summed E-state index contributed by atoms with van der Waals surface area (Å²) in [7, 11) is 2.87. The van der Waals surface area contributed by atoms with Crippen LogP contribution in [0.2, 0.25) is 10.0 Å². The second-order valence-corrected chi connectivity index (χ2v) is 4.99. The summed E-state index contributed by atoms with van der Waals surface area (Å²) < 4.78 is 1.49. The quantitative estimate of drug-likeness (QED) is 0.810. The van der Waals surface area contributed by atoms with Crippen LogP contribution in [0.15, 0.2) is 18.2 Å². The van der Waals surface area contributed by atoms with Crippen molar-refractivity contribution in [2.24, 2.45) is 0 Å². The molecule has 1 amide bonds. The van der Waals surface area contributed by atoms with Gasteiger partial charge < -0.3 is 0 Å². The first-order chi connectivity index (χ1) is 9.99. The Bertz CT molecular complexity index is 652. The van der Waals surface area contributed by atoms with E-state index in [1.54, 1.807) is 18.2 Å². The Hall–Kier alpha value is -1.63. The van der Waals surface area contributed by atoms with Crippen LogP contribution >= 0.6 is 23.2 Å². The van der Waals surface area contributed by atoms with Gasteiger partial charge in [0.2, 0.25) is 5.82 Å². The van der Waals surface area contributed by atoms with Crippen molar-refractivity contribution in [3.05, 3.63) is 39.9 Å². The Balaban J connectivity index is 2.55. The topological polar surface area (TPSA) is 60.3 Å². The van der Waals surface area contributed by atoms with E-state index in [2.05, 4.69) is 10.1 Å². The standard InChI is InChI=1S/C13H14Cl2N4O2/c1-4-10-16-12(13(20)18(2)21-3)17-19(10)11-8(14)6-5-7-9(11)15/h5-7H,4H2,1-3H3. The Morgan fingerprint density at radius 2 is 2.00 bits per heavy atom. The zero-order valence-electron chi connectivity index (χ0n) is 11.8. The SMILES string of the molecule is CCc1nc(C(=O)N(C)OC)nn1-c1c(Cl)cccc1Cl. The molecule has 0 N–H and O–H groups in total. The zero-order chi connectivity index (χ0) is 15.6. The summed E-state index contributed by atoms with van der Waals surface area (Å²) in [6, 6.07) is 5.14. The van der Waals surface area contributed by atoms with Gasteiger partial charge in [-0.2, -0.15) is 0 Å². The summed E-state index contributed by atoms with van der Waals surface area (Å²) in [5.41, 5.74) is 0.504. The third-order valence-electron chi connectivity index (χ3n) is 2.89.